The predicted molar refractivity (Wildman–Crippen MR) is 72.1 cm³/mol. The van der Waals surface area contributed by atoms with Crippen molar-refractivity contribution < 1.29 is 50.1 Å². The van der Waals surface area contributed by atoms with Crippen LogP contribution in [0.15, 0.2) is 0 Å². The van der Waals surface area contributed by atoms with Crippen LogP contribution < -0.4 is 0 Å². The minimum atomic E-state index is -3.13. The van der Waals surface area contributed by atoms with Crippen LogP contribution in [0.1, 0.15) is 13.8 Å². The molecule has 7 N–H and O–H groups in total. The van der Waals surface area contributed by atoms with Crippen LogP contribution in [0.25, 0.3) is 0 Å². The summed E-state index contributed by atoms with van der Waals surface area (Å²) in [5.41, 5.74) is -6.14. The second-order valence-electron chi connectivity index (χ2n) is 5.65. The van der Waals surface area contributed by atoms with Gasteiger partial charge < -0.3 is 40.5 Å². The zero-order valence-corrected chi connectivity index (χ0v) is 12.7. The maximum Gasteiger partial charge on any atom is 0.214 e. The highest BCUT2D eigenvalue weighted by Crippen LogP contribution is 2.36. The van der Waals surface area contributed by atoms with Crippen molar-refractivity contribution in [1.82, 2.24) is 0 Å². The van der Waals surface area contributed by atoms with Gasteiger partial charge in [0.25, 0.3) is 0 Å². The largest absolute Gasteiger partial charge is 0.394 e. The van der Waals surface area contributed by atoms with Gasteiger partial charge in [0.1, 0.15) is 30.5 Å². The molecular formula is C13H22O10. The van der Waals surface area contributed by atoms with Gasteiger partial charge in [0.2, 0.25) is 5.60 Å². The Morgan fingerprint density at radius 2 is 1.43 bits per heavy atom. The molecule has 0 bridgehead atoms. The number of aliphatic hydroxyl groups excluding tert-OH is 5. The minimum absolute atomic E-state index is 0.784. The molecule has 0 amide bonds. The van der Waals surface area contributed by atoms with Crippen LogP contribution in [0, 0.1) is 0 Å². The first-order chi connectivity index (χ1) is 10.5. The van der Waals surface area contributed by atoms with E-state index in [1.807, 2.05) is 0 Å². The molecule has 1 aliphatic heterocycles. The quantitative estimate of drug-likeness (QED) is 0.233. The van der Waals surface area contributed by atoms with Crippen LogP contribution in [-0.2, 0) is 14.3 Å². The highest BCUT2D eigenvalue weighted by molar-refractivity contribution is 6.09. The lowest BCUT2D eigenvalue weighted by molar-refractivity contribution is -0.298. The molecule has 1 aliphatic rings. The number of Topliss-reactive ketones (excluding diaryl/α,β-unsaturated/α-hetero) is 2. The maximum atomic E-state index is 11.7. The Labute approximate surface area is 131 Å². The number of ether oxygens (including phenoxy) is 1. The van der Waals surface area contributed by atoms with Gasteiger partial charge in [-0.2, -0.15) is 0 Å². The first kappa shape index (κ1) is 20.1. The molecule has 134 valence electrons. The van der Waals surface area contributed by atoms with Gasteiger partial charge >= 0.3 is 0 Å². The monoisotopic (exact) mass is 338 g/mol. The Bertz CT molecular complexity index is 450. The van der Waals surface area contributed by atoms with Crippen LogP contribution in [-0.4, -0.2) is 102 Å². The van der Waals surface area contributed by atoms with Gasteiger partial charge in [-0.3, -0.25) is 9.59 Å². The standard InChI is InChI=1S/C13H22O10/c1-5(16)13(22,6(2)17)12(21,4-15)11-10(20)9(19)8(18)7(3-14)23-11/h7-11,14-15,18-22H,3-4H2,1-2H3/t7-,8-,9+,10-,11-,12?/m1/s1. The lowest BCUT2D eigenvalue weighted by Gasteiger charge is -2.50. The minimum Gasteiger partial charge on any atom is -0.394 e. The predicted octanol–water partition coefficient (Wildman–Crippen LogP) is -4.54. The molecular weight excluding hydrogens is 316 g/mol. The smallest absolute Gasteiger partial charge is 0.214 e. The Morgan fingerprint density at radius 3 is 1.78 bits per heavy atom. The zero-order chi connectivity index (χ0) is 18.2. The lowest BCUT2D eigenvalue weighted by Crippen LogP contribution is -2.76. The lowest BCUT2D eigenvalue weighted by atomic mass is 9.70. The van der Waals surface area contributed by atoms with Crippen molar-refractivity contribution in [3.63, 3.8) is 0 Å². The summed E-state index contributed by atoms with van der Waals surface area (Å²) < 4.78 is 5.05. The fourth-order valence-corrected chi connectivity index (χ4v) is 2.76. The Kier molecular flexibility index (Phi) is 5.99. The third-order valence-corrected chi connectivity index (χ3v) is 4.25. The molecule has 23 heavy (non-hydrogen) atoms. The van der Waals surface area contributed by atoms with E-state index in [-0.39, 0.29) is 0 Å². The molecule has 1 saturated heterocycles. The van der Waals surface area contributed by atoms with Crippen LogP contribution in [0.2, 0.25) is 0 Å². The van der Waals surface area contributed by atoms with Crippen LogP contribution >= 0.6 is 0 Å². The fraction of sp³-hybridized carbons (Fsp3) is 0.846. The highest BCUT2D eigenvalue weighted by Gasteiger charge is 2.65. The number of carbonyl (C=O) groups is 2. The average molecular weight is 338 g/mol. The second kappa shape index (κ2) is 6.87. The molecule has 1 fully saturated rings. The average Bonchev–Trinajstić information content (AvgIpc) is 2.50. The van der Waals surface area contributed by atoms with Crippen LogP contribution in [0.5, 0.6) is 0 Å². The third-order valence-electron chi connectivity index (χ3n) is 4.25. The molecule has 0 aromatic rings. The molecule has 0 aromatic heterocycles. The molecule has 0 radical (unpaired) electrons. The summed E-state index contributed by atoms with van der Waals surface area (Å²) in [6.45, 7) is -0.648. The normalized spacial score (nSPS) is 34.7. The Balaban J connectivity index is 3.41. The first-order valence-electron chi connectivity index (χ1n) is 6.87. The van der Waals surface area contributed by atoms with Gasteiger partial charge in [-0.25, -0.2) is 0 Å². The summed E-state index contributed by atoms with van der Waals surface area (Å²) in [6, 6.07) is 0. The van der Waals surface area contributed by atoms with E-state index in [0.29, 0.717) is 0 Å². The summed E-state index contributed by atoms with van der Waals surface area (Å²) in [7, 11) is 0. The maximum absolute atomic E-state index is 11.7. The summed E-state index contributed by atoms with van der Waals surface area (Å²) in [5.74, 6) is -2.45. The summed E-state index contributed by atoms with van der Waals surface area (Å²) in [4.78, 5) is 23.4. The van der Waals surface area contributed by atoms with Crippen molar-refractivity contribution in [2.24, 2.45) is 0 Å². The van der Waals surface area contributed by atoms with Gasteiger partial charge in [0.15, 0.2) is 17.2 Å². The molecule has 10 heteroatoms. The molecule has 0 aromatic carbocycles. The van der Waals surface area contributed by atoms with Crippen molar-refractivity contribution >= 4 is 11.6 Å². The number of hydrogen-bond donors (Lipinski definition) is 7. The second-order valence-corrected chi connectivity index (χ2v) is 5.65. The van der Waals surface area contributed by atoms with E-state index in [1.54, 1.807) is 0 Å². The van der Waals surface area contributed by atoms with E-state index in [0.717, 1.165) is 13.8 Å². The number of aliphatic hydroxyl groups is 7. The van der Waals surface area contributed by atoms with E-state index in [1.165, 1.54) is 0 Å². The van der Waals surface area contributed by atoms with E-state index >= 15 is 0 Å². The summed E-state index contributed by atoms with van der Waals surface area (Å²) >= 11 is 0. The number of ketones is 2. The fourth-order valence-electron chi connectivity index (χ4n) is 2.76. The molecule has 0 spiro atoms. The number of carbonyl (C=O) groups excluding carboxylic acids is 2. The van der Waals surface area contributed by atoms with E-state index < -0.39 is 66.5 Å². The zero-order valence-electron chi connectivity index (χ0n) is 12.7. The molecule has 6 atom stereocenters. The van der Waals surface area contributed by atoms with Gasteiger partial charge in [-0.1, -0.05) is 0 Å². The van der Waals surface area contributed by atoms with Crippen molar-refractivity contribution in [3.8, 4) is 0 Å². The van der Waals surface area contributed by atoms with Crippen LogP contribution in [0.4, 0.5) is 0 Å². The van der Waals surface area contributed by atoms with Crippen molar-refractivity contribution in [2.75, 3.05) is 13.2 Å². The van der Waals surface area contributed by atoms with E-state index in [2.05, 4.69) is 0 Å². The number of hydrogen-bond acceptors (Lipinski definition) is 10. The van der Waals surface area contributed by atoms with Gasteiger partial charge in [0.05, 0.1) is 13.2 Å². The van der Waals surface area contributed by atoms with Gasteiger partial charge in [0, 0.05) is 0 Å². The molecule has 1 heterocycles. The number of rotatable bonds is 6. The van der Waals surface area contributed by atoms with E-state index in [4.69, 9.17) is 9.84 Å². The SMILES string of the molecule is CC(=O)C(O)(C(C)=O)C(O)(CO)[C@@H]1O[C@H](CO)[C@@H](O)[C@H](O)[C@H]1O. The molecule has 1 rings (SSSR count). The Morgan fingerprint density at radius 1 is 0.957 bits per heavy atom. The molecule has 0 saturated carbocycles. The highest BCUT2D eigenvalue weighted by atomic mass is 16.6. The van der Waals surface area contributed by atoms with Gasteiger partial charge in [-0.05, 0) is 13.8 Å². The van der Waals surface area contributed by atoms with Crippen molar-refractivity contribution in [3.05, 3.63) is 0 Å². The first-order valence-corrected chi connectivity index (χ1v) is 6.87. The van der Waals surface area contributed by atoms with E-state index in [9.17, 15) is 40.2 Å². The van der Waals surface area contributed by atoms with Crippen LogP contribution in [0.3, 0.4) is 0 Å². The third kappa shape index (κ3) is 2.92. The topological polar surface area (TPSA) is 185 Å². The molecule has 1 unspecified atom stereocenters. The van der Waals surface area contributed by atoms with Crippen molar-refractivity contribution in [2.45, 2.75) is 55.6 Å². The summed E-state index contributed by atoms with van der Waals surface area (Å²) in [5, 5.41) is 69.0. The molecule has 10 nitrogen and oxygen atoms in total. The molecule has 0 aliphatic carbocycles. The van der Waals surface area contributed by atoms with Crippen molar-refractivity contribution in [1.29, 1.82) is 0 Å². The summed E-state index contributed by atoms with van der Waals surface area (Å²) in [6.07, 6.45) is -9.24. The van der Waals surface area contributed by atoms with Gasteiger partial charge in [-0.15, -0.1) is 0 Å². The Hall–Kier alpha value is -0.980.